The Hall–Kier alpha value is -1.92. The second-order valence-electron chi connectivity index (χ2n) is 2.99. The molecule has 0 spiro atoms. The molecular formula is C9H9F3N4. The van der Waals surface area contributed by atoms with Gasteiger partial charge in [-0.2, -0.15) is 18.3 Å². The summed E-state index contributed by atoms with van der Waals surface area (Å²) in [5.41, 5.74) is -0.608. The van der Waals surface area contributed by atoms with E-state index in [4.69, 9.17) is 5.41 Å². The largest absolute Gasteiger partial charge is 0.435 e. The number of alkyl halides is 3. The molecule has 86 valence electrons. The minimum absolute atomic E-state index is 0.167. The molecule has 0 saturated carbocycles. The summed E-state index contributed by atoms with van der Waals surface area (Å²) in [5, 5.41) is 15.8. The number of aromatic nitrogens is 2. The van der Waals surface area contributed by atoms with Crippen LogP contribution < -0.4 is 5.32 Å². The first kappa shape index (κ1) is 12.2. The van der Waals surface area contributed by atoms with Gasteiger partial charge in [0.25, 0.3) is 0 Å². The van der Waals surface area contributed by atoms with E-state index in [1.54, 1.807) is 6.92 Å². The van der Waals surface area contributed by atoms with Crippen LogP contribution in [-0.4, -0.2) is 15.9 Å². The molecule has 0 aliphatic carbocycles. The maximum absolute atomic E-state index is 12.2. The van der Waals surface area contributed by atoms with Crippen molar-refractivity contribution in [1.29, 1.82) is 5.41 Å². The highest BCUT2D eigenvalue weighted by atomic mass is 19.4. The molecule has 0 amide bonds. The number of nitrogens with zero attached hydrogens (tertiary/aromatic N) is 2. The Balaban J connectivity index is 2.79. The smallest absolute Gasteiger partial charge is 0.360 e. The van der Waals surface area contributed by atoms with Crippen molar-refractivity contribution in [3.05, 3.63) is 30.2 Å². The topological polar surface area (TPSA) is 61.7 Å². The van der Waals surface area contributed by atoms with Crippen LogP contribution in [0.25, 0.3) is 0 Å². The quantitative estimate of drug-likeness (QED) is 0.784. The number of rotatable bonds is 3. The second-order valence-corrected chi connectivity index (χ2v) is 2.99. The first-order valence-electron chi connectivity index (χ1n) is 4.28. The van der Waals surface area contributed by atoms with Gasteiger partial charge in [0.05, 0.1) is 11.9 Å². The summed E-state index contributed by atoms with van der Waals surface area (Å²) in [7, 11) is 0. The molecule has 4 nitrogen and oxygen atoms in total. The fourth-order valence-electron chi connectivity index (χ4n) is 0.847. The number of hydrogen-bond donors (Lipinski definition) is 2. The van der Waals surface area contributed by atoms with Crippen LogP contribution in [0.2, 0.25) is 0 Å². The number of hydrogen-bond acceptors (Lipinski definition) is 4. The summed E-state index contributed by atoms with van der Waals surface area (Å²) < 4.78 is 36.7. The summed E-state index contributed by atoms with van der Waals surface area (Å²) in [6, 6.07) is 0.844. The van der Waals surface area contributed by atoms with Gasteiger partial charge in [-0.05, 0) is 19.1 Å². The van der Waals surface area contributed by atoms with Crippen LogP contribution in [0, 0.1) is 5.41 Å². The molecule has 0 radical (unpaired) electrons. The molecule has 0 bridgehead atoms. The fraction of sp³-hybridized carbons (Fsp3) is 0.222. The van der Waals surface area contributed by atoms with E-state index in [9.17, 15) is 13.2 Å². The van der Waals surface area contributed by atoms with Gasteiger partial charge in [0.15, 0.2) is 5.69 Å². The third-order valence-corrected chi connectivity index (χ3v) is 1.53. The summed E-state index contributed by atoms with van der Waals surface area (Å²) in [6.45, 7) is 1.55. The van der Waals surface area contributed by atoms with Crippen molar-refractivity contribution in [3.8, 4) is 0 Å². The van der Waals surface area contributed by atoms with Crippen molar-refractivity contribution >= 4 is 11.4 Å². The lowest BCUT2D eigenvalue weighted by Gasteiger charge is -2.06. The van der Waals surface area contributed by atoms with E-state index in [0.29, 0.717) is 0 Å². The van der Waals surface area contributed by atoms with Crippen LogP contribution in [0.15, 0.2) is 24.5 Å². The van der Waals surface area contributed by atoms with Crippen molar-refractivity contribution < 1.29 is 13.2 Å². The Morgan fingerprint density at radius 2 is 2.19 bits per heavy atom. The van der Waals surface area contributed by atoms with Gasteiger partial charge in [0.2, 0.25) is 0 Å². The molecule has 0 aliphatic rings. The lowest BCUT2D eigenvalue weighted by atomic mass is 10.3. The third kappa shape index (κ3) is 3.68. The molecule has 7 heteroatoms. The fourth-order valence-corrected chi connectivity index (χ4v) is 0.847. The summed E-state index contributed by atoms with van der Waals surface area (Å²) in [6.07, 6.45) is -0.572. The van der Waals surface area contributed by atoms with Crippen molar-refractivity contribution in [1.82, 2.24) is 10.2 Å². The molecule has 0 saturated heterocycles. The Morgan fingerprint density at radius 3 is 2.75 bits per heavy atom. The van der Waals surface area contributed by atoms with E-state index in [2.05, 4.69) is 15.5 Å². The monoisotopic (exact) mass is 230 g/mol. The highest BCUT2D eigenvalue weighted by Crippen LogP contribution is 2.28. The van der Waals surface area contributed by atoms with Gasteiger partial charge < -0.3 is 10.7 Å². The molecule has 0 atom stereocenters. The first-order chi connectivity index (χ1) is 7.39. The molecule has 0 fully saturated rings. The van der Waals surface area contributed by atoms with Crippen molar-refractivity contribution in [2.75, 3.05) is 5.32 Å². The number of allylic oxidation sites excluding steroid dienone is 1. The molecule has 1 rings (SSSR count). The van der Waals surface area contributed by atoms with Crippen LogP contribution in [-0.2, 0) is 6.18 Å². The molecule has 1 heterocycles. The van der Waals surface area contributed by atoms with Gasteiger partial charge in [-0.25, -0.2) is 0 Å². The van der Waals surface area contributed by atoms with Crippen LogP contribution in [0.3, 0.4) is 0 Å². The van der Waals surface area contributed by atoms with Crippen molar-refractivity contribution in [2.45, 2.75) is 13.1 Å². The highest BCUT2D eigenvalue weighted by molar-refractivity contribution is 5.90. The van der Waals surface area contributed by atoms with E-state index >= 15 is 0 Å². The number of nitrogens with one attached hydrogen (secondary N) is 2. The van der Waals surface area contributed by atoms with E-state index in [0.717, 1.165) is 6.07 Å². The van der Waals surface area contributed by atoms with Crippen LogP contribution in [0.4, 0.5) is 18.9 Å². The van der Waals surface area contributed by atoms with Gasteiger partial charge in [-0.3, -0.25) is 0 Å². The van der Waals surface area contributed by atoms with Gasteiger partial charge >= 0.3 is 6.18 Å². The molecule has 0 unspecified atom stereocenters. The Morgan fingerprint density at radius 1 is 1.50 bits per heavy atom. The maximum Gasteiger partial charge on any atom is 0.435 e. The Kier molecular flexibility index (Phi) is 3.60. The van der Waals surface area contributed by atoms with Crippen molar-refractivity contribution in [3.63, 3.8) is 0 Å². The average molecular weight is 230 g/mol. The molecule has 16 heavy (non-hydrogen) atoms. The average Bonchev–Trinajstić information content (AvgIpc) is 2.16. The van der Waals surface area contributed by atoms with E-state index in [1.807, 2.05) is 0 Å². The molecule has 1 aromatic rings. The summed E-state index contributed by atoms with van der Waals surface area (Å²) >= 11 is 0. The van der Waals surface area contributed by atoms with E-state index < -0.39 is 11.9 Å². The molecule has 0 aromatic carbocycles. The van der Waals surface area contributed by atoms with Crippen LogP contribution in [0.1, 0.15) is 12.6 Å². The summed E-state index contributed by atoms with van der Waals surface area (Å²) in [4.78, 5) is 0. The predicted molar refractivity (Wildman–Crippen MR) is 53.2 cm³/mol. The van der Waals surface area contributed by atoms with Crippen LogP contribution in [0.5, 0.6) is 0 Å². The normalized spacial score (nSPS) is 11.8. The van der Waals surface area contributed by atoms with Gasteiger partial charge in [0.1, 0.15) is 0 Å². The van der Waals surface area contributed by atoms with Gasteiger partial charge in [0, 0.05) is 11.9 Å². The predicted octanol–water partition coefficient (Wildman–Crippen LogP) is 2.46. The highest BCUT2D eigenvalue weighted by Gasteiger charge is 2.33. The number of anilines is 1. The SMILES string of the molecule is CC(=N)/C=C\Nc1cnnc(C(F)(F)F)c1. The Labute approximate surface area is 89.7 Å². The molecular weight excluding hydrogens is 221 g/mol. The zero-order valence-corrected chi connectivity index (χ0v) is 8.34. The molecule has 1 aromatic heterocycles. The lowest BCUT2D eigenvalue weighted by molar-refractivity contribution is -0.141. The number of halogens is 3. The minimum atomic E-state index is -4.51. The second kappa shape index (κ2) is 4.73. The Bertz CT molecular complexity index is 411. The minimum Gasteiger partial charge on any atom is -0.360 e. The summed E-state index contributed by atoms with van der Waals surface area (Å²) in [5.74, 6) is 0. The first-order valence-corrected chi connectivity index (χ1v) is 4.28. The van der Waals surface area contributed by atoms with Gasteiger partial charge in [-0.15, -0.1) is 5.10 Å². The molecule has 2 N–H and O–H groups in total. The standard InChI is InChI=1S/C9H9F3N4/c1-6(13)2-3-14-7-4-8(9(10,11)12)16-15-5-7/h2-5,13H,1H3,(H,14,16)/b3-2-,13-6?. The van der Waals surface area contributed by atoms with Crippen LogP contribution >= 0.6 is 0 Å². The zero-order valence-electron chi connectivity index (χ0n) is 8.34. The lowest BCUT2D eigenvalue weighted by Crippen LogP contribution is -2.09. The van der Waals surface area contributed by atoms with Crippen molar-refractivity contribution in [2.24, 2.45) is 0 Å². The van der Waals surface area contributed by atoms with E-state index in [1.165, 1.54) is 18.5 Å². The molecule has 0 aliphatic heterocycles. The maximum atomic E-state index is 12.2. The van der Waals surface area contributed by atoms with Gasteiger partial charge in [-0.1, -0.05) is 0 Å². The van der Waals surface area contributed by atoms with E-state index in [-0.39, 0.29) is 11.4 Å². The zero-order chi connectivity index (χ0) is 12.2. The third-order valence-electron chi connectivity index (χ3n) is 1.53.